The second-order valence-electron chi connectivity index (χ2n) is 4.34. The summed E-state index contributed by atoms with van der Waals surface area (Å²) in [5, 5.41) is 8.73. The molecule has 106 valence electrons. The van der Waals surface area contributed by atoms with Crippen LogP contribution in [0.5, 0.6) is 11.5 Å². The molecule has 0 aliphatic carbocycles. The number of carbonyl (C=O) groups excluding carboxylic acids is 1. The van der Waals surface area contributed by atoms with Gasteiger partial charge >= 0.3 is 0 Å². The third-order valence-electron chi connectivity index (χ3n) is 2.89. The lowest BCUT2D eigenvalue weighted by Gasteiger charge is -2.25. The molecular weight excluding hydrogens is 324 g/mol. The first-order valence-electron chi connectivity index (χ1n) is 6.35. The largest absolute Gasteiger partial charge is 0.486 e. The van der Waals surface area contributed by atoms with Gasteiger partial charge in [0, 0.05) is 18.3 Å². The summed E-state index contributed by atoms with van der Waals surface area (Å²) in [7, 11) is 0. The van der Waals surface area contributed by atoms with Crippen LogP contribution >= 0.6 is 15.9 Å². The van der Waals surface area contributed by atoms with E-state index in [2.05, 4.69) is 22.0 Å². The number of fused-ring (bicyclic) bond motifs is 1. The van der Waals surface area contributed by atoms with E-state index in [4.69, 9.17) is 14.7 Å². The van der Waals surface area contributed by atoms with Gasteiger partial charge in [0.1, 0.15) is 13.2 Å². The number of nitrogens with zero attached hydrogens (tertiary/aromatic N) is 2. The van der Waals surface area contributed by atoms with Crippen LogP contribution < -0.4 is 14.4 Å². The molecule has 5 nitrogen and oxygen atoms in total. The molecule has 20 heavy (non-hydrogen) atoms. The Kier molecular flexibility index (Phi) is 4.85. The first-order chi connectivity index (χ1) is 9.63. The van der Waals surface area contributed by atoms with E-state index in [0.717, 1.165) is 0 Å². The average molecular weight is 339 g/mol. The fraction of sp³-hybridized carbons (Fsp3) is 0.429. The van der Waals surface area contributed by atoms with Gasteiger partial charge in [0.2, 0.25) is 5.91 Å². The summed E-state index contributed by atoms with van der Waals surface area (Å²) in [6.07, 6.45) is 0.278. The van der Waals surface area contributed by atoms with Crippen molar-refractivity contribution in [1.82, 2.24) is 0 Å². The van der Waals surface area contributed by atoms with E-state index < -0.39 is 0 Å². The van der Waals surface area contributed by atoms with Crippen LogP contribution in [0.2, 0.25) is 0 Å². The van der Waals surface area contributed by atoms with Crippen LogP contribution in [-0.2, 0) is 4.79 Å². The fourth-order valence-electron chi connectivity index (χ4n) is 1.94. The summed E-state index contributed by atoms with van der Waals surface area (Å²) in [6.45, 7) is 3.14. The first-order valence-corrected chi connectivity index (χ1v) is 7.27. The monoisotopic (exact) mass is 338 g/mol. The maximum absolute atomic E-state index is 12.2. The van der Waals surface area contributed by atoms with E-state index in [0.29, 0.717) is 36.9 Å². The molecule has 0 bridgehead atoms. The Hall–Kier alpha value is -1.74. The van der Waals surface area contributed by atoms with Crippen LogP contribution in [0.4, 0.5) is 5.69 Å². The highest BCUT2D eigenvalue weighted by Gasteiger charge is 2.22. The molecule has 1 heterocycles. The van der Waals surface area contributed by atoms with Crippen LogP contribution in [0.1, 0.15) is 13.3 Å². The zero-order valence-corrected chi connectivity index (χ0v) is 12.7. The van der Waals surface area contributed by atoms with Crippen molar-refractivity contribution < 1.29 is 14.3 Å². The molecular formula is C14H15BrN2O3. The molecule has 0 saturated heterocycles. The number of hydrogen-bond donors (Lipinski definition) is 0. The summed E-state index contributed by atoms with van der Waals surface area (Å²) in [6, 6.07) is 7.43. The number of rotatable bonds is 4. The number of amides is 1. The molecule has 1 aliphatic rings. The smallest absolute Gasteiger partial charge is 0.240 e. The molecule has 0 saturated carbocycles. The van der Waals surface area contributed by atoms with E-state index >= 15 is 0 Å². The maximum atomic E-state index is 12.2. The zero-order chi connectivity index (χ0) is 14.5. The van der Waals surface area contributed by atoms with Crippen LogP contribution in [0, 0.1) is 11.3 Å². The van der Waals surface area contributed by atoms with Gasteiger partial charge < -0.3 is 14.4 Å². The van der Waals surface area contributed by atoms with Crippen molar-refractivity contribution in [2.45, 2.75) is 18.2 Å². The summed E-state index contributed by atoms with van der Waals surface area (Å²) in [4.78, 5) is 13.5. The number of ether oxygens (including phenoxy) is 2. The summed E-state index contributed by atoms with van der Waals surface area (Å²) >= 11 is 3.27. The van der Waals surface area contributed by atoms with Crippen molar-refractivity contribution in [2.24, 2.45) is 0 Å². The SMILES string of the molecule is CC(Br)C(=O)N(CCC#N)c1ccc2c(c1)OCCO2. The minimum Gasteiger partial charge on any atom is -0.486 e. The van der Waals surface area contributed by atoms with Gasteiger partial charge in [-0.3, -0.25) is 4.79 Å². The van der Waals surface area contributed by atoms with Crippen molar-refractivity contribution in [3.8, 4) is 17.6 Å². The van der Waals surface area contributed by atoms with Gasteiger partial charge in [-0.25, -0.2) is 0 Å². The highest BCUT2D eigenvalue weighted by atomic mass is 79.9. The molecule has 6 heteroatoms. The second kappa shape index (κ2) is 6.62. The Morgan fingerprint density at radius 1 is 1.45 bits per heavy atom. The number of hydrogen-bond acceptors (Lipinski definition) is 4. The minimum atomic E-state index is -0.311. The van der Waals surface area contributed by atoms with Crippen molar-refractivity contribution in [2.75, 3.05) is 24.7 Å². The standard InChI is InChI=1S/C14H15BrN2O3/c1-10(15)14(18)17(6-2-5-16)11-3-4-12-13(9-11)20-8-7-19-12/h3-4,9-10H,2,6-8H2,1H3. The Morgan fingerprint density at radius 2 is 2.15 bits per heavy atom. The summed E-state index contributed by atoms with van der Waals surface area (Å²) in [5.41, 5.74) is 0.709. The zero-order valence-electron chi connectivity index (χ0n) is 11.1. The molecule has 1 amide bonds. The van der Waals surface area contributed by atoms with Crippen molar-refractivity contribution in [3.63, 3.8) is 0 Å². The minimum absolute atomic E-state index is 0.0862. The molecule has 1 aliphatic heterocycles. The number of alkyl halides is 1. The molecule has 0 spiro atoms. The van der Waals surface area contributed by atoms with Crippen LogP contribution in [0.15, 0.2) is 18.2 Å². The normalized spacial score (nSPS) is 14.2. The first kappa shape index (κ1) is 14.7. The second-order valence-corrected chi connectivity index (χ2v) is 5.72. The number of anilines is 1. The van der Waals surface area contributed by atoms with E-state index in [1.165, 1.54) is 0 Å². The van der Waals surface area contributed by atoms with Crippen LogP contribution in [0.25, 0.3) is 0 Å². The predicted molar refractivity (Wildman–Crippen MR) is 78.4 cm³/mol. The molecule has 1 atom stereocenters. The lowest BCUT2D eigenvalue weighted by atomic mass is 10.2. The number of benzene rings is 1. The highest BCUT2D eigenvalue weighted by Crippen LogP contribution is 2.34. The van der Waals surface area contributed by atoms with Gasteiger partial charge in [-0.2, -0.15) is 5.26 Å². The summed E-state index contributed by atoms with van der Waals surface area (Å²) < 4.78 is 11.0. The van der Waals surface area contributed by atoms with Gasteiger partial charge in [0.25, 0.3) is 0 Å². The molecule has 0 N–H and O–H groups in total. The molecule has 1 aromatic carbocycles. The Balaban J connectivity index is 2.28. The van der Waals surface area contributed by atoms with Gasteiger partial charge in [-0.05, 0) is 19.1 Å². The average Bonchev–Trinajstić information content (AvgIpc) is 2.47. The van der Waals surface area contributed by atoms with Gasteiger partial charge in [-0.15, -0.1) is 0 Å². The highest BCUT2D eigenvalue weighted by molar-refractivity contribution is 9.10. The number of carbonyl (C=O) groups is 1. The van der Waals surface area contributed by atoms with Gasteiger partial charge in [0.05, 0.1) is 17.3 Å². The Bertz CT molecular complexity index is 540. The topological polar surface area (TPSA) is 62.6 Å². The third-order valence-corrected chi connectivity index (χ3v) is 3.28. The number of halogens is 1. The lowest BCUT2D eigenvalue weighted by molar-refractivity contribution is -0.117. The molecule has 2 rings (SSSR count). The number of nitriles is 1. The Labute approximate surface area is 126 Å². The summed E-state index contributed by atoms with van der Waals surface area (Å²) in [5.74, 6) is 1.22. The molecule has 0 aromatic heterocycles. The van der Waals surface area contributed by atoms with Crippen LogP contribution in [-0.4, -0.2) is 30.5 Å². The molecule has 0 radical (unpaired) electrons. The van der Waals surface area contributed by atoms with Crippen LogP contribution in [0.3, 0.4) is 0 Å². The maximum Gasteiger partial charge on any atom is 0.240 e. The molecule has 1 unspecified atom stereocenters. The van der Waals surface area contributed by atoms with Gasteiger partial charge in [-0.1, -0.05) is 15.9 Å². The van der Waals surface area contributed by atoms with Gasteiger partial charge in [0.15, 0.2) is 11.5 Å². The third kappa shape index (κ3) is 3.23. The van der Waals surface area contributed by atoms with Crippen molar-refractivity contribution >= 4 is 27.5 Å². The van der Waals surface area contributed by atoms with Crippen molar-refractivity contribution in [1.29, 1.82) is 5.26 Å². The predicted octanol–water partition coefficient (Wildman–Crippen LogP) is 2.49. The molecule has 0 fully saturated rings. The van der Waals surface area contributed by atoms with Crippen molar-refractivity contribution in [3.05, 3.63) is 18.2 Å². The van der Waals surface area contributed by atoms with E-state index in [9.17, 15) is 4.79 Å². The van der Waals surface area contributed by atoms with E-state index in [1.54, 1.807) is 30.0 Å². The lowest BCUT2D eigenvalue weighted by Crippen LogP contribution is -2.36. The molecule has 1 aromatic rings. The van der Waals surface area contributed by atoms with E-state index in [-0.39, 0.29) is 17.2 Å². The quantitative estimate of drug-likeness (QED) is 0.791. The Morgan fingerprint density at radius 3 is 2.80 bits per heavy atom. The van der Waals surface area contributed by atoms with E-state index in [1.807, 2.05) is 0 Å². The fourth-order valence-corrected chi connectivity index (χ4v) is 2.19.